The van der Waals surface area contributed by atoms with Crippen LogP contribution in [0.25, 0.3) is 0 Å². The average molecular weight is 253 g/mol. The maximum atomic E-state index is 10.5. The second-order valence-corrected chi connectivity index (χ2v) is 3.49. The Morgan fingerprint density at radius 2 is 2.35 bits per heavy atom. The van der Waals surface area contributed by atoms with E-state index in [9.17, 15) is 15.2 Å². The molecular formula is C10H11N3O3S. The van der Waals surface area contributed by atoms with Gasteiger partial charge < -0.3 is 15.7 Å². The van der Waals surface area contributed by atoms with Gasteiger partial charge in [-0.15, -0.1) is 6.58 Å². The van der Waals surface area contributed by atoms with Crippen LogP contribution in [-0.2, 0) is 0 Å². The lowest BCUT2D eigenvalue weighted by atomic mass is 10.2. The number of phenols is 1. The molecule has 0 aliphatic rings. The Bertz CT molecular complexity index is 462. The van der Waals surface area contributed by atoms with Crippen molar-refractivity contribution in [2.24, 2.45) is 0 Å². The van der Waals surface area contributed by atoms with Crippen LogP contribution in [0, 0.1) is 10.1 Å². The zero-order valence-corrected chi connectivity index (χ0v) is 9.66. The van der Waals surface area contributed by atoms with Crippen molar-refractivity contribution in [3.63, 3.8) is 0 Å². The van der Waals surface area contributed by atoms with Crippen LogP contribution >= 0.6 is 12.2 Å². The molecule has 0 unspecified atom stereocenters. The lowest BCUT2D eigenvalue weighted by Gasteiger charge is -2.09. The first-order chi connectivity index (χ1) is 8.04. The summed E-state index contributed by atoms with van der Waals surface area (Å²) in [6.07, 6.45) is 1.63. The fourth-order valence-electron chi connectivity index (χ4n) is 1.07. The lowest BCUT2D eigenvalue weighted by Crippen LogP contribution is -2.28. The molecule has 0 aromatic heterocycles. The van der Waals surface area contributed by atoms with E-state index in [0.717, 1.165) is 6.07 Å². The topological polar surface area (TPSA) is 87.4 Å². The number of nitrogens with one attached hydrogen (secondary N) is 2. The molecule has 0 aliphatic carbocycles. The van der Waals surface area contributed by atoms with Crippen molar-refractivity contribution in [3.8, 4) is 5.75 Å². The number of nitrogens with zero attached hydrogens (tertiary/aromatic N) is 1. The summed E-state index contributed by atoms with van der Waals surface area (Å²) >= 11 is 4.93. The first-order valence-corrected chi connectivity index (χ1v) is 5.08. The van der Waals surface area contributed by atoms with Gasteiger partial charge in [-0.1, -0.05) is 6.08 Å². The molecule has 0 atom stereocenters. The number of benzene rings is 1. The van der Waals surface area contributed by atoms with Gasteiger partial charge in [0, 0.05) is 12.6 Å². The first kappa shape index (κ1) is 12.9. The lowest BCUT2D eigenvalue weighted by molar-refractivity contribution is -0.384. The number of thiocarbonyl (C=S) groups is 1. The van der Waals surface area contributed by atoms with E-state index in [2.05, 4.69) is 17.2 Å². The number of non-ortho nitro benzene ring substituents is 1. The molecule has 17 heavy (non-hydrogen) atoms. The summed E-state index contributed by atoms with van der Waals surface area (Å²) in [4.78, 5) is 9.87. The molecule has 0 heterocycles. The summed E-state index contributed by atoms with van der Waals surface area (Å²) in [5, 5.41) is 25.8. The highest BCUT2D eigenvalue weighted by Gasteiger charge is 2.10. The predicted molar refractivity (Wildman–Crippen MR) is 69.2 cm³/mol. The van der Waals surface area contributed by atoms with Crippen molar-refractivity contribution in [2.75, 3.05) is 11.9 Å². The van der Waals surface area contributed by atoms with Crippen molar-refractivity contribution in [3.05, 3.63) is 41.0 Å². The van der Waals surface area contributed by atoms with Crippen molar-refractivity contribution in [2.45, 2.75) is 0 Å². The summed E-state index contributed by atoms with van der Waals surface area (Å²) in [6.45, 7) is 4.00. The second-order valence-electron chi connectivity index (χ2n) is 3.08. The minimum absolute atomic E-state index is 0.182. The standard InChI is InChI=1S/C10H11N3O3S/c1-2-5-11-10(17)12-8-4-3-7(13(15)16)6-9(8)14/h2-4,6,14H,1,5H2,(H2,11,12,17). The predicted octanol–water partition coefficient (Wildman–Crippen LogP) is 1.77. The third kappa shape index (κ3) is 3.72. The minimum atomic E-state index is -0.586. The first-order valence-electron chi connectivity index (χ1n) is 4.67. The molecule has 90 valence electrons. The SMILES string of the molecule is C=CCNC(=S)Nc1ccc([N+](=O)[O-])cc1O. The minimum Gasteiger partial charge on any atom is -0.506 e. The van der Waals surface area contributed by atoms with Crippen LogP contribution in [0.5, 0.6) is 5.75 Å². The fourth-order valence-corrected chi connectivity index (χ4v) is 1.26. The molecule has 0 spiro atoms. The molecule has 0 amide bonds. The molecular weight excluding hydrogens is 242 g/mol. The average Bonchev–Trinajstić information content (AvgIpc) is 2.28. The van der Waals surface area contributed by atoms with Gasteiger partial charge in [-0.25, -0.2) is 0 Å². The van der Waals surface area contributed by atoms with Gasteiger partial charge in [-0.05, 0) is 18.3 Å². The highest BCUT2D eigenvalue weighted by atomic mass is 32.1. The number of phenolic OH excluding ortho intramolecular Hbond substituents is 1. The van der Waals surface area contributed by atoms with Crippen LogP contribution in [0.2, 0.25) is 0 Å². The van der Waals surface area contributed by atoms with E-state index in [1.165, 1.54) is 12.1 Å². The van der Waals surface area contributed by atoms with E-state index in [-0.39, 0.29) is 11.4 Å². The van der Waals surface area contributed by atoms with Crippen molar-refractivity contribution >= 4 is 28.7 Å². The summed E-state index contributed by atoms with van der Waals surface area (Å²) in [5.41, 5.74) is 0.121. The number of nitro groups is 1. The Balaban J connectivity index is 2.75. The largest absolute Gasteiger partial charge is 0.506 e. The summed E-state index contributed by atoms with van der Waals surface area (Å²) in [6, 6.07) is 3.71. The quantitative estimate of drug-likeness (QED) is 0.249. The molecule has 6 nitrogen and oxygen atoms in total. The number of anilines is 1. The van der Waals surface area contributed by atoms with Crippen molar-refractivity contribution < 1.29 is 10.0 Å². The summed E-state index contributed by atoms with van der Waals surface area (Å²) < 4.78 is 0. The van der Waals surface area contributed by atoms with Crippen LogP contribution < -0.4 is 10.6 Å². The summed E-state index contributed by atoms with van der Waals surface area (Å²) in [7, 11) is 0. The van der Waals surface area contributed by atoms with Crippen LogP contribution in [0.15, 0.2) is 30.9 Å². The number of hydrogen-bond acceptors (Lipinski definition) is 4. The van der Waals surface area contributed by atoms with Gasteiger partial charge in [0.05, 0.1) is 16.7 Å². The maximum absolute atomic E-state index is 10.5. The Labute approximate surface area is 103 Å². The van der Waals surface area contributed by atoms with Crippen LogP contribution in [-0.4, -0.2) is 21.7 Å². The van der Waals surface area contributed by atoms with Gasteiger partial charge >= 0.3 is 0 Å². The zero-order chi connectivity index (χ0) is 12.8. The van der Waals surface area contributed by atoms with Gasteiger partial charge in [-0.2, -0.15) is 0 Å². The normalized spacial score (nSPS) is 9.41. The smallest absolute Gasteiger partial charge is 0.273 e. The molecule has 7 heteroatoms. The van der Waals surface area contributed by atoms with Gasteiger partial charge in [0.25, 0.3) is 5.69 Å². The van der Waals surface area contributed by atoms with Crippen molar-refractivity contribution in [1.29, 1.82) is 0 Å². The molecule has 0 radical (unpaired) electrons. The summed E-state index contributed by atoms with van der Waals surface area (Å²) in [5.74, 6) is -0.234. The second kappa shape index (κ2) is 5.80. The van der Waals surface area contributed by atoms with E-state index in [0.29, 0.717) is 17.3 Å². The molecule has 3 N–H and O–H groups in total. The molecule has 0 fully saturated rings. The number of aromatic hydroxyl groups is 1. The number of hydrogen-bond donors (Lipinski definition) is 3. The third-order valence-electron chi connectivity index (χ3n) is 1.85. The van der Waals surface area contributed by atoms with E-state index in [4.69, 9.17) is 12.2 Å². The van der Waals surface area contributed by atoms with E-state index >= 15 is 0 Å². The molecule has 1 aromatic rings. The highest BCUT2D eigenvalue weighted by Crippen LogP contribution is 2.27. The van der Waals surface area contributed by atoms with Crippen molar-refractivity contribution in [1.82, 2.24) is 5.32 Å². The van der Waals surface area contributed by atoms with E-state index in [1.807, 2.05) is 0 Å². The van der Waals surface area contributed by atoms with Crippen LogP contribution in [0.4, 0.5) is 11.4 Å². The van der Waals surface area contributed by atoms with E-state index < -0.39 is 4.92 Å². The Hall–Kier alpha value is -2.15. The molecule has 0 saturated carbocycles. The molecule has 0 aliphatic heterocycles. The molecule has 0 saturated heterocycles. The van der Waals surface area contributed by atoms with Crippen LogP contribution in [0.3, 0.4) is 0 Å². The maximum Gasteiger partial charge on any atom is 0.273 e. The molecule has 0 bridgehead atoms. The van der Waals surface area contributed by atoms with Gasteiger partial charge in [0.2, 0.25) is 0 Å². The Morgan fingerprint density at radius 3 is 2.88 bits per heavy atom. The Kier molecular flexibility index (Phi) is 4.41. The van der Waals surface area contributed by atoms with Gasteiger partial charge in [0.1, 0.15) is 5.75 Å². The zero-order valence-electron chi connectivity index (χ0n) is 8.84. The fraction of sp³-hybridized carbons (Fsp3) is 0.100. The van der Waals surface area contributed by atoms with Gasteiger partial charge in [-0.3, -0.25) is 10.1 Å². The van der Waals surface area contributed by atoms with E-state index in [1.54, 1.807) is 6.08 Å². The molecule has 1 rings (SSSR count). The Morgan fingerprint density at radius 1 is 1.65 bits per heavy atom. The third-order valence-corrected chi connectivity index (χ3v) is 2.09. The highest BCUT2D eigenvalue weighted by molar-refractivity contribution is 7.80. The van der Waals surface area contributed by atoms with Crippen LogP contribution in [0.1, 0.15) is 0 Å². The monoisotopic (exact) mass is 253 g/mol. The number of nitro benzene ring substituents is 1. The van der Waals surface area contributed by atoms with Gasteiger partial charge in [0.15, 0.2) is 5.11 Å². The molecule has 1 aromatic carbocycles. The number of rotatable bonds is 4.